The van der Waals surface area contributed by atoms with E-state index in [-0.39, 0.29) is 5.92 Å². The number of ether oxygens (including phenoxy) is 2. The second-order valence-electron chi connectivity index (χ2n) is 9.26. The fraction of sp³-hybridized carbons (Fsp3) is 0.200. The van der Waals surface area contributed by atoms with Gasteiger partial charge in [-0.05, 0) is 97.1 Å². The van der Waals surface area contributed by atoms with E-state index in [1.807, 2.05) is 0 Å². The maximum Gasteiger partial charge on any atom is 0.673 e. The van der Waals surface area contributed by atoms with Gasteiger partial charge in [0.15, 0.2) is 0 Å². The fourth-order valence-corrected chi connectivity index (χ4v) is 5.30. The van der Waals surface area contributed by atoms with E-state index >= 15 is 0 Å². The molecule has 0 N–H and O–H groups in total. The molecule has 8 heteroatoms. The summed E-state index contributed by atoms with van der Waals surface area (Å²) in [5.74, 6) is 1.79. The highest BCUT2D eigenvalue weighted by molar-refractivity contribution is 6.50. The third-order valence-corrected chi connectivity index (χ3v) is 6.61. The van der Waals surface area contributed by atoms with Crippen LogP contribution in [0.3, 0.4) is 0 Å². The number of rotatable bonds is 4. The molecule has 3 nitrogen and oxygen atoms in total. The lowest BCUT2D eigenvalue weighted by Gasteiger charge is -2.39. The van der Waals surface area contributed by atoms with Crippen molar-refractivity contribution in [3.63, 3.8) is 0 Å². The minimum Gasteiger partial charge on any atom is -0.497 e. The van der Waals surface area contributed by atoms with Crippen LogP contribution in [0.5, 0.6) is 11.5 Å². The van der Waals surface area contributed by atoms with E-state index in [9.17, 15) is 17.3 Å². The lowest BCUT2D eigenvalue weighted by Crippen LogP contribution is -2.23. The summed E-state index contributed by atoms with van der Waals surface area (Å²) < 4.78 is 50.3. The van der Waals surface area contributed by atoms with Gasteiger partial charge in [-0.25, -0.2) is 0 Å². The maximum absolute atomic E-state index is 9.75. The van der Waals surface area contributed by atoms with Crippen LogP contribution in [-0.4, -0.2) is 21.5 Å². The molecule has 0 fully saturated rings. The van der Waals surface area contributed by atoms with Crippen LogP contribution in [0.2, 0.25) is 0 Å². The highest BCUT2D eigenvalue weighted by atomic mass is 19.5. The van der Waals surface area contributed by atoms with Crippen molar-refractivity contribution in [3.05, 3.63) is 112 Å². The van der Waals surface area contributed by atoms with Crippen molar-refractivity contribution < 1.29 is 26.7 Å². The van der Waals surface area contributed by atoms with Crippen molar-refractivity contribution in [1.29, 1.82) is 0 Å². The van der Waals surface area contributed by atoms with Crippen molar-refractivity contribution in [2.45, 2.75) is 26.7 Å². The van der Waals surface area contributed by atoms with E-state index < -0.39 is 7.25 Å². The molecule has 1 aliphatic heterocycles. The number of hydrogen-bond acceptors (Lipinski definition) is 3. The van der Waals surface area contributed by atoms with Crippen LogP contribution in [0.4, 0.5) is 34.3 Å². The van der Waals surface area contributed by atoms with Gasteiger partial charge in [0.05, 0.1) is 25.6 Å². The highest BCUT2D eigenvalue weighted by Gasteiger charge is 2.34. The summed E-state index contributed by atoms with van der Waals surface area (Å²) in [5.41, 5.74) is 11.2. The summed E-state index contributed by atoms with van der Waals surface area (Å²) in [5, 5.41) is 0. The Balaban J connectivity index is 0.000000617. The Kier molecular flexibility index (Phi) is 7.72. The predicted octanol–water partition coefficient (Wildman–Crippen LogP) is 8.89. The number of methoxy groups -OCH3 is 2. The normalized spacial score (nSPS) is 12.7. The highest BCUT2D eigenvalue weighted by Crippen LogP contribution is 2.53. The molecule has 0 atom stereocenters. The second kappa shape index (κ2) is 10.8. The SMILES string of the molecule is COc1ccc2c(c1)C(c1c(C)cc(C)cc1C)c1cc(OC)ccc1N2c1ccccc1.F[B-](F)(F)F. The predicted molar refractivity (Wildman–Crippen MR) is 146 cm³/mol. The number of halogens is 4. The van der Waals surface area contributed by atoms with Crippen molar-refractivity contribution >= 4 is 24.3 Å². The monoisotopic (exact) mass is 522 g/mol. The Bertz CT molecular complexity index is 1360. The summed E-state index contributed by atoms with van der Waals surface area (Å²) in [7, 11) is -2.54. The van der Waals surface area contributed by atoms with Crippen LogP contribution in [0.25, 0.3) is 0 Å². The van der Waals surface area contributed by atoms with E-state index in [0.717, 1.165) is 17.2 Å². The molecule has 1 heterocycles. The van der Waals surface area contributed by atoms with Crippen molar-refractivity contribution in [2.75, 3.05) is 19.1 Å². The molecule has 0 saturated heterocycles. The molecule has 0 radical (unpaired) electrons. The topological polar surface area (TPSA) is 21.7 Å². The van der Waals surface area contributed by atoms with E-state index in [1.54, 1.807) is 14.2 Å². The zero-order valence-electron chi connectivity index (χ0n) is 21.9. The van der Waals surface area contributed by atoms with Crippen LogP contribution >= 0.6 is 0 Å². The van der Waals surface area contributed by atoms with Crippen LogP contribution < -0.4 is 14.4 Å². The summed E-state index contributed by atoms with van der Waals surface area (Å²) in [4.78, 5) is 2.35. The summed E-state index contributed by atoms with van der Waals surface area (Å²) in [6.45, 7) is 6.60. The van der Waals surface area contributed by atoms with Gasteiger partial charge in [-0.15, -0.1) is 0 Å². The first-order chi connectivity index (χ1) is 18.0. The minimum atomic E-state index is -6.00. The Morgan fingerprint density at radius 3 is 1.53 bits per heavy atom. The standard InChI is InChI=1S/C30H29NO2.BF4/c1-19-15-20(2)29(21(3)16-19)30-25-17-23(32-4)11-13-27(25)31(22-9-7-6-8-10-22)28-14-12-24(33-5)18-26(28)30;2-1(3,4)5/h6-18,30H,1-5H3;/q;-1. The molecule has 4 aromatic rings. The Morgan fingerprint density at radius 2 is 1.11 bits per heavy atom. The molecule has 0 spiro atoms. The molecule has 38 heavy (non-hydrogen) atoms. The number of para-hydroxylation sites is 1. The first-order valence-electron chi connectivity index (χ1n) is 12.2. The van der Waals surface area contributed by atoms with Gasteiger partial charge in [-0.3, -0.25) is 0 Å². The van der Waals surface area contributed by atoms with Crippen molar-refractivity contribution in [1.82, 2.24) is 0 Å². The Labute approximate surface area is 220 Å². The second-order valence-corrected chi connectivity index (χ2v) is 9.26. The Hall–Kier alpha value is -3.94. The van der Waals surface area contributed by atoms with Gasteiger partial charge in [0.2, 0.25) is 0 Å². The van der Waals surface area contributed by atoms with Gasteiger partial charge in [-0.1, -0.05) is 35.9 Å². The van der Waals surface area contributed by atoms with E-state index in [1.165, 1.54) is 44.8 Å². The van der Waals surface area contributed by atoms with Gasteiger partial charge in [0.1, 0.15) is 11.5 Å². The smallest absolute Gasteiger partial charge is 0.497 e. The summed E-state index contributed by atoms with van der Waals surface area (Å²) in [6, 6.07) is 28.0. The third-order valence-electron chi connectivity index (χ3n) is 6.61. The molecule has 4 aromatic carbocycles. The first-order valence-corrected chi connectivity index (χ1v) is 12.2. The first kappa shape index (κ1) is 27.1. The van der Waals surface area contributed by atoms with E-state index in [0.29, 0.717) is 0 Å². The van der Waals surface area contributed by atoms with Crippen molar-refractivity contribution in [3.8, 4) is 11.5 Å². The third kappa shape index (κ3) is 5.64. The van der Waals surface area contributed by atoms with Crippen LogP contribution in [0, 0.1) is 20.8 Å². The molecule has 0 unspecified atom stereocenters. The van der Waals surface area contributed by atoms with Gasteiger partial charge in [0, 0.05) is 11.6 Å². The molecular formula is C30H29BF4NO2-. The summed E-state index contributed by atoms with van der Waals surface area (Å²) >= 11 is 0. The molecule has 0 bridgehead atoms. The fourth-order valence-electron chi connectivity index (χ4n) is 5.30. The molecular weight excluding hydrogens is 493 g/mol. The Morgan fingerprint density at radius 1 is 0.658 bits per heavy atom. The molecule has 0 aliphatic carbocycles. The molecule has 0 aromatic heterocycles. The minimum absolute atomic E-state index is 0.0702. The lowest BCUT2D eigenvalue weighted by atomic mass is 9.76. The zero-order chi connectivity index (χ0) is 27.6. The van der Waals surface area contributed by atoms with Gasteiger partial charge in [0.25, 0.3) is 0 Å². The average molecular weight is 522 g/mol. The van der Waals surface area contributed by atoms with Crippen LogP contribution in [0.15, 0.2) is 78.9 Å². The van der Waals surface area contributed by atoms with Crippen LogP contribution in [0.1, 0.15) is 39.3 Å². The van der Waals surface area contributed by atoms with Gasteiger partial charge < -0.3 is 31.6 Å². The molecule has 0 amide bonds. The number of aryl methyl sites for hydroxylation is 3. The maximum atomic E-state index is 9.75. The average Bonchev–Trinajstić information content (AvgIpc) is 2.86. The number of fused-ring (bicyclic) bond motifs is 2. The van der Waals surface area contributed by atoms with Gasteiger partial charge in [-0.2, -0.15) is 0 Å². The number of nitrogens with zero attached hydrogens (tertiary/aromatic N) is 1. The van der Waals surface area contributed by atoms with Gasteiger partial charge >= 0.3 is 7.25 Å². The van der Waals surface area contributed by atoms with Crippen LogP contribution in [-0.2, 0) is 0 Å². The van der Waals surface area contributed by atoms with E-state index in [2.05, 4.69) is 105 Å². The quantitative estimate of drug-likeness (QED) is 0.174. The number of anilines is 3. The number of benzene rings is 4. The van der Waals surface area contributed by atoms with E-state index in [4.69, 9.17) is 9.47 Å². The lowest BCUT2D eigenvalue weighted by molar-refractivity contribution is 0.368. The largest absolute Gasteiger partial charge is 0.673 e. The summed E-state index contributed by atoms with van der Waals surface area (Å²) in [6.07, 6.45) is 0. The zero-order valence-corrected chi connectivity index (χ0v) is 21.9. The molecule has 0 saturated carbocycles. The molecule has 1 aliphatic rings. The number of hydrogen-bond donors (Lipinski definition) is 0. The molecule has 198 valence electrons. The molecule has 5 rings (SSSR count). The van der Waals surface area contributed by atoms with Crippen molar-refractivity contribution in [2.24, 2.45) is 0 Å².